The second-order valence-corrected chi connectivity index (χ2v) is 14.5. The maximum Gasteiger partial charge on any atom is 0.390 e. The molecule has 1 spiro atoms. The van der Waals surface area contributed by atoms with Gasteiger partial charge >= 0.3 is 6.18 Å². The molecule has 6 rings (SSSR count). The van der Waals surface area contributed by atoms with Crippen LogP contribution in [0.4, 0.5) is 18.9 Å². The molecule has 0 unspecified atom stereocenters. The Labute approximate surface area is 267 Å². The summed E-state index contributed by atoms with van der Waals surface area (Å²) >= 11 is 7.27. The van der Waals surface area contributed by atoms with Crippen LogP contribution in [0.15, 0.2) is 48.6 Å². The predicted octanol–water partition coefficient (Wildman–Crippen LogP) is 8.15. The zero-order chi connectivity index (χ0) is 31.1. The van der Waals surface area contributed by atoms with Crippen LogP contribution in [0.2, 0.25) is 5.02 Å². The van der Waals surface area contributed by atoms with Gasteiger partial charge in [-0.1, -0.05) is 36.7 Å². The van der Waals surface area contributed by atoms with Gasteiger partial charge in [0.1, 0.15) is 5.75 Å². The van der Waals surface area contributed by atoms with Crippen molar-refractivity contribution in [2.75, 3.05) is 31.7 Å². The van der Waals surface area contributed by atoms with E-state index in [4.69, 9.17) is 21.1 Å². The Hall–Kier alpha value is -2.36. The number of hydrogen-bond acceptors (Lipinski definition) is 5. The van der Waals surface area contributed by atoms with Gasteiger partial charge in [0, 0.05) is 41.5 Å². The zero-order valence-corrected chi connectivity index (χ0v) is 26.7. The summed E-state index contributed by atoms with van der Waals surface area (Å²) < 4.78 is 55.8. The van der Waals surface area contributed by atoms with Crippen molar-refractivity contribution in [2.45, 2.75) is 74.8 Å². The molecule has 1 amide bonds. The van der Waals surface area contributed by atoms with Crippen LogP contribution in [-0.2, 0) is 16.6 Å². The lowest BCUT2D eigenvalue weighted by molar-refractivity contribution is -0.135. The first kappa shape index (κ1) is 31.6. The topological polar surface area (TPSA) is 50.8 Å². The number of fused-ring (bicyclic) bond motifs is 4. The maximum absolute atomic E-state index is 13.5. The maximum atomic E-state index is 13.5. The normalized spacial score (nSPS) is 31.5. The minimum Gasteiger partial charge on any atom is -0.490 e. The van der Waals surface area contributed by atoms with Crippen molar-refractivity contribution in [2.24, 2.45) is 17.8 Å². The molecule has 6 atom stereocenters. The fourth-order valence-electron chi connectivity index (χ4n) is 7.54. The number of hydrogen-bond donors (Lipinski definition) is 1. The van der Waals surface area contributed by atoms with E-state index >= 15 is 0 Å². The zero-order valence-electron chi connectivity index (χ0n) is 25.2. The van der Waals surface area contributed by atoms with Crippen molar-refractivity contribution in [1.82, 2.24) is 4.72 Å². The molecule has 10 heteroatoms. The average Bonchev–Trinajstić information content (AvgIpc) is 3.12. The molecule has 4 aliphatic rings. The molecular formula is C34H40ClF3N2O3S. The van der Waals surface area contributed by atoms with Crippen molar-refractivity contribution < 1.29 is 27.4 Å². The Morgan fingerprint density at radius 3 is 2.80 bits per heavy atom. The number of benzene rings is 2. The number of rotatable bonds is 2. The van der Waals surface area contributed by atoms with Crippen LogP contribution < -0.4 is 14.4 Å². The van der Waals surface area contributed by atoms with Crippen LogP contribution in [-0.4, -0.2) is 50.2 Å². The van der Waals surface area contributed by atoms with Gasteiger partial charge in [0.25, 0.3) is 5.91 Å². The summed E-state index contributed by atoms with van der Waals surface area (Å²) in [6, 6.07) is 11.6. The van der Waals surface area contributed by atoms with Gasteiger partial charge in [-0.3, -0.25) is 9.52 Å². The number of allylic oxidation sites excluding steroid dienone is 1. The van der Waals surface area contributed by atoms with Crippen LogP contribution in [0.1, 0.15) is 66.9 Å². The smallest absolute Gasteiger partial charge is 0.390 e. The lowest BCUT2D eigenvalue weighted by atomic mass is 9.68. The average molecular weight is 649 g/mol. The number of nitrogens with one attached hydrogen (secondary N) is 1. The number of carbonyl (C=O) groups is 1. The molecule has 44 heavy (non-hydrogen) atoms. The summed E-state index contributed by atoms with van der Waals surface area (Å²) in [5.41, 5.74) is 3.55. The van der Waals surface area contributed by atoms with Crippen molar-refractivity contribution in [3.63, 3.8) is 0 Å². The molecule has 1 N–H and O–H groups in total. The van der Waals surface area contributed by atoms with Crippen molar-refractivity contribution in [3.8, 4) is 5.75 Å². The van der Waals surface area contributed by atoms with Crippen molar-refractivity contribution in [1.29, 1.82) is 0 Å². The molecular weight excluding hydrogens is 609 g/mol. The summed E-state index contributed by atoms with van der Waals surface area (Å²) in [5.74, 6) is 0.666. The molecule has 2 bridgehead atoms. The fraction of sp³-hybridized carbons (Fsp3) is 0.559. The predicted molar refractivity (Wildman–Crippen MR) is 170 cm³/mol. The summed E-state index contributed by atoms with van der Waals surface area (Å²) in [7, 11) is 1.71. The van der Waals surface area contributed by atoms with E-state index in [0.29, 0.717) is 30.4 Å². The Bertz CT molecular complexity index is 1400. The van der Waals surface area contributed by atoms with Gasteiger partial charge in [-0.05, 0) is 110 Å². The molecule has 2 heterocycles. The van der Waals surface area contributed by atoms with E-state index in [-0.39, 0.29) is 17.4 Å². The molecule has 2 aromatic carbocycles. The first-order valence-electron chi connectivity index (χ1n) is 15.6. The van der Waals surface area contributed by atoms with E-state index in [2.05, 4.69) is 21.8 Å². The van der Waals surface area contributed by atoms with Crippen LogP contribution in [0, 0.1) is 17.8 Å². The van der Waals surface area contributed by atoms with E-state index < -0.39 is 23.8 Å². The number of methoxy groups -OCH3 is 1. The largest absolute Gasteiger partial charge is 0.490 e. The molecule has 0 saturated heterocycles. The third-order valence-electron chi connectivity index (χ3n) is 10.1. The third kappa shape index (κ3) is 6.61. The first-order chi connectivity index (χ1) is 21.0. The van der Waals surface area contributed by atoms with E-state index in [1.165, 1.54) is 11.1 Å². The summed E-state index contributed by atoms with van der Waals surface area (Å²) in [5, 5.41) is -0.0886. The van der Waals surface area contributed by atoms with Crippen LogP contribution in [0.5, 0.6) is 5.75 Å². The van der Waals surface area contributed by atoms with Gasteiger partial charge in [-0.25, -0.2) is 0 Å². The summed E-state index contributed by atoms with van der Waals surface area (Å²) in [4.78, 5) is 15.8. The highest BCUT2D eigenvalue weighted by Gasteiger charge is 2.44. The second kappa shape index (κ2) is 12.8. The van der Waals surface area contributed by atoms with Crippen LogP contribution >= 0.6 is 23.5 Å². The van der Waals surface area contributed by atoms with Gasteiger partial charge in [-0.2, -0.15) is 13.2 Å². The van der Waals surface area contributed by atoms with E-state index in [1.807, 2.05) is 37.3 Å². The molecule has 2 aliphatic heterocycles. The number of halogens is 4. The number of nitrogens with zero attached hydrogens (tertiary/aromatic N) is 1. The molecule has 5 nitrogen and oxygen atoms in total. The first-order valence-corrected chi connectivity index (χ1v) is 16.8. The van der Waals surface area contributed by atoms with Crippen molar-refractivity contribution >= 4 is 35.1 Å². The lowest BCUT2D eigenvalue weighted by Crippen LogP contribution is -2.49. The Morgan fingerprint density at radius 1 is 1.20 bits per heavy atom. The van der Waals surface area contributed by atoms with E-state index in [9.17, 15) is 18.0 Å². The Balaban J connectivity index is 1.38. The molecule has 238 valence electrons. The summed E-state index contributed by atoms with van der Waals surface area (Å²) in [6.45, 7) is 3.85. The number of amides is 1. The SMILES string of the molecule is CO[C@H]1/C=C\C[C@H](C)[C@@H](CC(F)(F)F)SNC(=O)c2ccc3c(c2)N(C[C@@H]2CC[C@H]21)C[C@@]1(CCCc2cc(Cl)ccc21)CO3. The Morgan fingerprint density at radius 2 is 2.05 bits per heavy atom. The lowest BCUT2D eigenvalue weighted by Gasteiger charge is -2.46. The number of alkyl halides is 3. The van der Waals surface area contributed by atoms with Crippen molar-refractivity contribution in [3.05, 3.63) is 70.3 Å². The van der Waals surface area contributed by atoms with Gasteiger partial charge in [-0.15, -0.1) is 0 Å². The highest BCUT2D eigenvalue weighted by molar-refractivity contribution is 7.98. The molecule has 1 saturated carbocycles. The van der Waals surface area contributed by atoms with E-state index in [1.54, 1.807) is 13.2 Å². The third-order valence-corrected chi connectivity index (χ3v) is 11.6. The number of carbonyl (C=O) groups excluding carboxylic acids is 1. The van der Waals surface area contributed by atoms with Gasteiger partial charge in [0.05, 0.1) is 24.8 Å². The highest BCUT2D eigenvalue weighted by Crippen LogP contribution is 2.47. The number of ether oxygens (including phenoxy) is 2. The van der Waals surface area contributed by atoms with Crippen LogP contribution in [0.25, 0.3) is 0 Å². The molecule has 0 radical (unpaired) electrons. The minimum atomic E-state index is -4.34. The standard InChI is InChI=1S/C34H40ClF3N2O3S/c1-21-5-3-7-29(42-2)26-11-8-24(26)18-40-19-33(14-4-6-22-15-25(35)10-12-27(22)33)20-43-30-13-9-23(16-28(30)40)32(41)39-44-31(21)17-34(36,37)38/h3,7,9-10,12-13,15-16,21,24,26,29,31H,4-6,8,11,14,17-20H2,1-2H3,(H,39,41)/b7-3-/t21-,24-,26+,29-,31+,33-/m0/s1. The quantitative estimate of drug-likeness (QED) is 0.263. The Kier molecular flexibility index (Phi) is 9.20. The monoisotopic (exact) mass is 648 g/mol. The van der Waals surface area contributed by atoms with Gasteiger partial charge in [0.2, 0.25) is 0 Å². The molecule has 1 fully saturated rings. The minimum absolute atomic E-state index is 0.109. The second-order valence-electron chi connectivity index (χ2n) is 13.0. The fourth-order valence-corrected chi connectivity index (χ4v) is 8.73. The highest BCUT2D eigenvalue weighted by atomic mass is 35.5. The number of anilines is 1. The molecule has 2 aliphatic carbocycles. The van der Waals surface area contributed by atoms with Gasteiger partial charge in [0.15, 0.2) is 0 Å². The number of aryl methyl sites for hydroxylation is 1. The summed E-state index contributed by atoms with van der Waals surface area (Å²) in [6.07, 6.45) is 4.12. The molecule has 0 aromatic heterocycles. The molecule has 2 aromatic rings. The van der Waals surface area contributed by atoms with E-state index in [0.717, 1.165) is 73.6 Å². The van der Waals surface area contributed by atoms with Crippen LogP contribution in [0.3, 0.4) is 0 Å². The van der Waals surface area contributed by atoms with Gasteiger partial charge < -0.3 is 14.4 Å².